The van der Waals surface area contributed by atoms with Gasteiger partial charge in [0.1, 0.15) is 18.1 Å². The molecule has 1 spiro atoms. The smallest absolute Gasteiger partial charge is 0.251 e. The Morgan fingerprint density at radius 3 is 2.83 bits per heavy atom. The maximum atomic E-state index is 12.3. The molecule has 2 aliphatic heterocycles. The molecule has 0 aromatic heterocycles. The lowest BCUT2D eigenvalue weighted by atomic mass is 9.81. The lowest BCUT2D eigenvalue weighted by Crippen LogP contribution is -2.32. The number of nitrogens with zero attached hydrogens (tertiary/aromatic N) is 1. The molecule has 0 saturated heterocycles. The zero-order valence-electron chi connectivity index (χ0n) is 13.4. The number of hydrogen-bond acceptors (Lipinski definition) is 4. The predicted octanol–water partition coefficient (Wildman–Crippen LogP) is 3.23. The molecule has 2 aromatic rings. The molecule has 122 valence electrons. The standard InChI is InChI=1S/C19H18N2O3/c1-2-9-20-18(22)13-7-8-17-15(10-13)19(11-23-12-21-19)14-5-3-4-6-16(14)24-17/h3-8,10,12H,2,9,11H2,1H3,(H,20,22). The van der Waals surface area contributed by atoms with Crippen molar-refractivity contribution in [2.75, 3.05) is 13.2 Å². The molecule has 4 rings (SSSR count). The molecular formula is C19H18N2O3. The summed E-state index contributed by atoms with van der Waals surface area (Å²) in [4.78, 5) is 16.9. The first kappa shape index (κ1) is 14.8. The number of benzene rings is 2. The maximum absolute atomic E-state index is 12.3. The van der Waals surface area contributed by atoms with Crippen molar-refractivity contribution in [2.45, 2.75) is 18.9 Å². The predicted molar refractivity (Wildman–Crippen MR) is 90.8 cm³/mol. The van der Waals surface area contributed by atoms with Gasteiger partial charge in [-0.3, -0.25) is 4.79 Å². The first-order valence-corrected chi connectivity index (χ1v) is 8.10. The van der Waals surface area contributed by atoms with Crippen LogP contribution in [0.15, 0.2) is 47.5 Å². The van der Waals surface area contributed by atoms with E-state index in [2.05, 4.69) is 10.3 Å². The molecule has 1 atom stereocenters. The average molecular weight is 322 g/mol. The maximum Gasteiger partial charge on any atom is 0.251 e. The Bertz CT molecular complexity index is 831. The largest absolute Gasteiger partial charge is 0.480 e. The Balaban J connectivity index is 1.82. The van der Waals surface area contributed by atoms with Crippen LogP contribution in [0.5, 0.6) is 11.5 Å². The minimum Gasteiger partial charge on any atom is -0.480 e. The fraction of sp³-hybridized carbons (Fsp3) is 0.263. The van der Waals surface area contributed by atoms with E-state index in [1.165, 1.54) is 6.40 Å². The number of carbonyl (C=O) groups excluding carboxylic acids is 1. The normalized spacial score (nSPS) is 20.0. The first-order valence-electron chi connectivity index (χ1n) is 8.10. The number of fused-ring (bicyclic) bond motifs is 4. The lowest BCUT2D eigenvalue weighted by Gasteiger charge is -2.33. The summed E-state index contributed by atoms with van der Waals surface area (Å²) >= 11 is 0. The molecule has 1 unspecified atom stereocenters. The molecule has 0 aliphatic carbocycles. The van der Waals surface area contributed by atoms with Crippen LogP contribution in [0, 0.1) is 0 Å². The van der Waals surface area contributed by atoms with Crippen LogP contribution in [0.1, 0.15) is 34.8 Å². The first-order chi connectivity index (χ1) is 11.7. The van der Waals surface area contributed by atoms with Gasteiger partial charge < -0.3 is 14.8 Å². The molecular weight excluding hydrogens is 304 g/mol. The number of aliphatic imine (C=N–C) groups is 1. The zero-order chi connectivity index (χ0) is 16.6. The topological polar surface area (TPSA) is 59.9 Å². The third-order valence-electron chi connectivity index (χ3n) is 4.42. The molecule has 0 bridgehead atoms. The second-order valence-electron chi connectivity index (χ2n) is 5.97. The molecule has 5 nitrogen and oxygen atoms in total. The van der Waals surface area contributed by atoms with Gasteiger partial charge in [0.15, 0.2) is 11.9 Å². The zero-order valence-corrected chi connectivity index (χ0v) is 13.4. The van der Waals surface area contributed by atoms with Crippen molar-refractivity contribution in [2.24, 2.45) is 4.99 Å². The van der Waals surface area contributed by atoms with Crippen LogP contribution in [0.3, 0.4) is 0 Å². The summed E-state index contributed by atoms with van der Waals surface area (Å²) in [5, 5.41) is 2.90. The van der Waals surface area contributed by atoms with Crippen molar-refractivity contribution in [3.05, 3.63) is 59.2 Å². The van der Waals surface area contributed by atoms with Gasteiger partial charge in [0.2, 0.25) is 0 Å². The summed E-state index contributed by atoms with van der Waals surface area (Å²) in [6.45, 7) is 3.08. The summed E-state index contributed by atoms with van der Waals surface area (Å²) in [7, 11) is 0. The monoisotopic (exact) mass is 322 g/mol. The van der Waals surface area contributed by atoms with Gasteiger partial charge in [0.25, 0.3) is 5.91 Å². The Morgan fingerprint density at radius 2 is 2.04 bits per heavy atom. The highest BCUT2D eigenvalue weighted by molar-refractivity contribution is 5.94. The van der Waals surface area contributed by atoms with E-state index in [4.69, 9.17) is 9.47 Å². The van der Waals surface area contributed by atoms with Crippen LogP contribution in [-0.4, -0.2) is 25.5 Å². The van der Waals surface area contributed by atoms with Gasteiger partial charge in [-0.25, -0.2) is 4.99 Å². The van der Waals surface area contributed by atoms with Crippen LogP contribution in [0.4, 0.5) is 0 Å². The van der Waals surface area contributed by atoms with Gasteiger partial charge in [-0.15, -0.1) is 0 Å². The number of amides is 1. The van der Waals surface area contributed by atoms with E-state index < -0.39 is 5.54 Å². The fourth-order valence-electron chi connectivity index (χ4n) is 3.20. The minimum absolute atomic E-state index is 0.0865. The van der Waals surface area contributed by atoms with Crippen molar-refractivity contribution in [1.82, 2.24) is 5.32 Å². The van der Waals surface area contributed by atoms with Crippen molar-refractivity contribution in [3.8, 4) is 11.5 Å². The van der Waals surface area contributed by atoms with E-state index >= 15 is 0 Å². The van der Waals surface area contributed by atoms with E-state index in [0.717, 1.165) is 23.3 Å². The van der Waals surface area contributed by atoms with E-state index in [1.807, 2.05) is 43.3 Å². The van der Waals surface area contributed by atoms with Crippen LogP contribution >= 0.6 is 0 Å². The molecule has 1 N–H and O–H groups in total. The van der Waals surface area contributed by atoms with Gasteiger partial charge in [-0.1, -0.05) is 25.1 Å². The number of hydrogen-bond donors (Lipinski definition) is 1. The Hall–Kier alpha value is -2.82. The van der Waals surface area contributed by atoms with Crippen LogP contribution in [0.25, 0.3) is 0 Å². The Kier molecular flexibility index (Phi) is 3.49. The van der Waals surface area contributed by atoms with Crippen molar-refractivity contribution in [3.63, 3.8) is 0 Å². The van der Waals surface area contributed by atoms with Gasteiger partial charge in [0.05, 0.1) is 0 Å². The summed E-state index contributed by atoms with van der Waals surface area (Å²) in [5.41, 5.74) is 1.77. The van der Waals surface area contributed by atoms with E-state index in [9.17, 15) is 4.79 Å². The molecule has 2 aromatic carbocycles. The third-order valence-corrected chi connectivity index (χ3v) is 4.42. The average Bonchev–Trinajstić information content (AvgIpc) is 3.10. The van der Waals surface area contributed by atoms with E-state index in [1.54, 1.807) is 6.07 Å². The van der Waals surface area contributed by atoms with Crippen LogP contribution in [0.2, 0.25) is 0 Å². The number of nitrogens with one attached hydrogen (secondary N) is 1. The number of para-hydroxylation sites is 1. The number of carbonyl (C=O) groups is 1. The molecule has 24 heavy (non-hydrogen) atoms. The highest BCUT2D eigenvalue weighted by Crippen LogP contribution is 2.50. The van der Waals surface area contributed by atoms with Crippen molar-refractivity contribution in [1.29, 1.82) is 0 Å². The molecule has 2 heterocycles. The van der Waals surface area contributed by atoms with Gasteiger partial charge in [-0.2, -0.15) is 0 Å². The summed E-state index contributed by atoms with van der Waals surface area (Å²) in [6.07, 6.45) is 2.38. The lowest BCUT2D eigenvalue weighted by molar-refractivity contribution is 0.0953. The highest BCUT2D eigenvalue weighted by Gasteiger charge is 2.45. The molecule has 0 radical (unpaired) electrons. The van der Waals surface area contributed by atoms with E-state index in [-0.39, 0.29) is 5.91 Å². The minimum atomic E-state index is -0.648. The summed E-state index contributed by atoms with van der Waals surface area (Å²) in [5.74, 6) is 1.40. The quantitative estimate of drug-likeness (QED) is 0.944. The van der Waals surface area contributed by atoms with Gasteiger partial charge in [-0.05, 0) is 30.7 Å². The Morgan fingerprint density at radius 1 is 1.21 bits per heavy atom. The molecule has 0 saturated carbocycles. The number of ether oxygens (including phenoxy) is 2. The SMILES string of the molecule is CCCNC(=O)c1ccc2c(c1)C1(COC=N1)c1ccccc1O2. The van der Waals surface area contributed by atoms with Crippen LogP contribution in [-0.2, 0) is 10.3 Å². The Labute approximate surface area is 140 Å². The summed E-state index contributed by atoms with van der Waals surface area (Å²) < 4.78 is 11.5. The molecule has 5 heteroatoms. The van der Waals surface area contributed by atoms with Crippen molar-refractivity contribution < 1.29 is 14.3 Å². The molecule has 1 amide bonds. The second-order valence-corrected chi connectivity index (χ2v) is 5.97. The van der Waals surface area contributed by atoms with E-state index in [0.29, 0.717) is 24.5 Å². The van der Waals surface area contributed by atoms with Crippen LogP contribution < -0.4 is 10.1 Å². The van der Waals surface area contributed by atoms with Gasteiger partial charge >= 0.3 is 0 Å². The molecule has 2 aliphatic rings. The number of rotatable bonds is 3. The van der Waals surface area contributed by atoms with Gasteiger partial charge in [0, 0.05) is 23.2 Å². The second kappa shape index (κ2) is 5.67. The highest BCUT2D eigenvalue weighted by atomic mass is 16.5. The molecule has 0 fully saturated rings. The summed E-state index contributed by atoms with van der Waals surface area (Å²) in [6, 6.07) is 13.3. The van der Waals surface area contributed by atoms with Crippen molar-refractivity contribution >= 4 is 12.3 Å². The third kappa shape index (κ3) is 2.16. The fourth-order valence-corrected chi connectivity index (χ4v) is 3.20.